The second kappa shape index (κ2) is 7.37. The van der Waals surface area contributed by atoms with E-state index in [-0.39, 0.29) is 0 Å². The van der Waals surface area contributed by atoms with Crippen LogP contribution in [-0.4, -0.2) is 5.11 Å². The van der Waals surface area contributed by atoms with E-state index in [4.69, 9.17) is 0 Å². The zero-order valence-electron chi connectivity index (χ0n) is 11.6. The van der Waals surface area contributed by atoms with Gasteiger partial charge in [0.2, 0.25) is 0 Å². The number of phenolic OH excluding ortho intramolecular Hbond substituents is 1. The van der Waals surface area contributed by atoms with E-state index in [1.54, 1.807) is 0 Å². The second-order valence-electron chi connectivity index (χ2n) is 4.98. The molecule has 1 aromatic rings. The summed E-state index contributed by atoms with van der Waals surface area (Å²) in [6.07, 6.45) is 8.43. The van der Waals surface area contributed by atoms with Crippen LogP contribution in [0.15, 0.2) is 12.1 Å². The summed E-state index contributed by atoms with van der Waals surface area (Å²) >= 11 is 0. The predicted octanol–water partition coefficient (Wildman–Crippen LogP) is 4.78. The van der Waals surface area contributed by atoms with Crippen molar-refractivity contribution in [3.63, 3.8) is 0 Å². The topological polar surface area (TPSA) is 20.2 Å². The third-order valence-corrected chi connectivity index (χ3v) is 3.28. The fourth-order valence-electron chi connectivity index (χ4n) is 2.29. The number of aromatic hydroxyl groups is 1. The zero-order valence-corrected chi connectivity index (χ0v) is 11.6. The minimum Gasteiger partial charge on any atom is -0.507 e. The second-order valence-corrected chi connectivity index (χ2v) is 4.98. The van der Waals surface area contributed by atoms with Gasteiger partial charge in [-0.2, -0.15) is 0 Å². The highest BCUT2D eigenvalue weighted by Gasteiger charge is 2.06. The van der Waals surface area contributed by atoms with Crippen LogP contribution in [0.3, 0.4) is 0 Å². The average Bonchev–Trinajstić information content (AvgIpc) is 2.31. The van der Waals surface area contributed by atoms with E-state index in [0.717, 1.165) is 30.4 Å². The van der Waals surface area contributed by atoms with Crippen LogP contribution in [0.5, 0.6) is 5.75 Å². The molecule has 0 aliphatic carbocycles. The highest BCUT2D eigenvalue weighted by molar-refractivity contribution is 5.43. The van der Waals surface area contributed by atoms with Crippen molar-refractivity contribution in [3.05, 3.63) is 28.8 Å². The van der Waals surface area contributed by atoms with Gasteiger partial charge in [0.05, 0.1) is 0 Å². The molecule has 0 aliphatic rings. The predicted molar refractivity (Wildman–Crippen MR) is 74.7 cm³/mol. The van der Waals surface area contributed by atoms with Gasteiger partial charge in [0.15, 0.2) is 0 Å². The molecule has 0 atom stereocenters. The van der Waals surface area contributed by atoms with Gasteiger partial charge in [0, 0.05) is 0 Å². The lowest BCUT2D eigenvalue weighted by molar-refractivity contribution is 0.463. The van der Waals surface area contributed by atoms with E-state index < -0.39 is 0 Å². The molecular weight excluding hydrogens is 208 g/mol. The van der Waals surface area contributed by atoms with Crippen LogP contribution in [0.2, 0.25) is 0 Å². The van der Waals surface area contributed by atoms with Gasteiger partial charge >= 0.3 is 0 Å². The summed E-state index contributed by atoms with van der Waals surface area (Å²) in [6, 6.07) is 4.33. The molecule has 1 N–H and O–H groups in total. The van der Waals surface area contributed by atoms with Gasteiger partial charge in [-0.25, -0.2) is 0 Å². The lowest BCUT2D eigenvalue weighted by Crippen LogP contribution is -1.93. The molecule has 17 heavy (non-hydrogen) atoms. The van der Waals surface area contributed by atoms with Gasteiger partial charge in [-0.1, -0.05) is 51.7 Å². The van der Waals surface area contributed by atoms with E-state index in [9.17, 15) is 5.11 Å². The van der Waals surface area contributed by atoms with Crippen LogP contribution in [0, 0.1) is 6.92 Å². The molecule has 0 saturated carbocycles. The average molecular weight is 234 g/mol. The Labute approximate surface area is 106 Å². The van der Waals surface area contributed by atoms with Gasteiger partial charge in [-0.15, -0.1) is 0 Å². The number of hydrogen-bond donors (Lipinski definition) is 1. The Balaban J connectivity index is 2.66. The van der Waals surface area contributed by atoms with Gasteiger partial charge in [-0.05, 0) is 42.9 Å². The maximum Gasteiger partial charge on any atom is 0.121 e. The van der Waals surface area contributed by atoms with Crippen molar-refractivity contribution in [1.82, 2.24) is 0 Å². The molecule has 0 fully saturated rings. The molecule has 0 aliphatic heterocycles. The van der Waals surface area contributed by atoms with Crippen molar-refractivity contribution in [2.24, 2.45) is 0 Å². The Morgan fingerprint density at radius 2 is 1.71 bits per heavy atom. The maximum absolute atomic E-state index is 9.96. The van der Waals surface area contributed by atoms with E-state index in [2.05, 4.69) is 26.0 Å². The van der Waals surface area contributed by atoms with Crippen molar-refractivity contribution in [1.29, 1.82) is 0 Å². The largest absolute Gasteiger partial charge is 0.507 e. The number of rotatable bonds is 7. The first-order valence-electron chi connectivity index (χ1n) is 7.00. The van der Waals surface area contributed by atoms with Crippen LogP contribution < -0.4 is 0 Å². The summed E-state index contributed by atoms with van der Waals surface area (Å²) in [6.45, 7) is 6.40. The third-order valence-electron chi connectivity index (χ3n) is 3.28. The van der Waals surface area contributed by atoms with Crippen molar-refractivity contribution >= 4 is 0 Å². The van der Waals surface area contributed by atoms with Gasteiger partial charge in [0.25, 0.3) is 0 Å². The first kappa shape index (κ1) is 14.1. The molecule has 1 aromatic carbocycles. The summed E-state index contributed by atoms with van der Waals surface area (Å²) in [7, 11) is 0. The van der Waals surface area contributed by atoms with Crippen molar-refractivity contribution in [2.45, 2.75) is 65.7 Å². The Hall–Kier alpha value is -0.980. The lowest BCUT2D eigenvalue weighted by Gasteiger charge is -2.10. The Bertz CT molecular complexity index is 342. The highest BCUT2D eigenvalue weighted by atomic mass is 16.3. The SMILES string of the molecule is CCCCCCc1cc(C)c(O)c(CCC)c1. The van der Waals surface area contributed by atoms with Gasteiger partial charge in [-0.3, -0.25) is 0 Å². The minimum absolute atomic E-state index is 0.504. The summed E-state index contributed by atoms with van der Waals surface area (Å²) in [5.41, 5.74) is 3.54. The Morgan fingerprint density at radius 3 is 2.35 bits per heavy atom. The number of aryl methyl sites for hydroxylation is 3. The van der Waals surface area contributed by atoms with Crippen molar-refractivity contribution in [2.75, 3.05) is 0 Å². The Morgan fingerprint density at radius 1 is 0.941 bits per heavy atom. The molecule has 0 bridgehead atoms. The van der Waals surface area contributed by atoms with Crippen molar-refractivity contribution < 1.29 is 5.11 Å². The molecule has 0 amide bonds. The molecule has 0 spiro atoms. The van der Waals surface area contributed by atoms with E-state index >= 15 is 0 Å². The van der Waals surface area contributed by atoms with Crippen molar-refractivity contribution in [3.8, 4) is 5.75 Å². The number of phenols is 1. The molecule has 0 unspecified atom stereocenters. The summed E-state index contributed by atoms with van der Waals surface area (Å²) < 4.78 is 0. The third kappa shape index (κ3) is 4.41. The van der Waals surface area contributed by atoms with Crippen LogP contribution in [0.4, 0.5) is 0 Å². The molecule has 0 saturated heterocycles. The first-order chi connectivity index (χ1) is 8.19. The van der Waals surface area contributed by atoms with Crippen LogP contribution in [0.25, 0.3) is 0 Å². The smallest absolute Gasteiger partial charge is 0.121 e. The molecule has 1 rings (SSSR count). The fraction of sp³-hybridized carbons (Fsp3) is 0.625. The zero-order chi connectivity index (χ0) is 12.7. The monoisotopic (exact) mass is 234 g/mol. The molecule has 0 radical (unpaired) electrons. The quantitative estimate of drug-likeness (QED) is 0.673. The lowest BCUT2D eigenvalue weighted by atomic mass is 9.98. The van der Waals surface area contributed by atoms with E-state index in [1.807, 2.05) is 6.92 Å². The van der Waals surface area contributed by atoms with E-state index in [0.29, 0.717) is 5.75 Å². The summed E-state index contributed by atoms with van der Waals surface area (Å²) in [5, 5.41) is 9.96. The fourth-order valence-corrected chi connectivity index (χ4v) is 2.29. The number of unbranched alkanes of at least 4 members (excludes halogenated alkanes) is 3. The standard InChI is InChI=1S/C16H26O/c1-4-6-7-8-10-14-11-13(3)16(17)15(12-14)9-5-2/h11-12,17H,4-10H2,1-3H3. The minimum atomic E-state index is 0.504. The molecule has 1 heteroatoms. The highest BCUT2D eigenvalue weighted by Crippen LogP contribution is 2.26. The normalized spacial score (nSPS) is 10.8. The molecule has 0 aromatic heterocycles. The van der Waals surface area contributed by atoms with Crippen LogP contribution in [-0.2, 0) is 12.8 Å². The summed E-state index contributed by atoms with van der Waals surface area (Å²) in [5.74, 6) is 0.504. The van der Waals surface area contributed by atoms with Crippen LogP contribution >= 0.6 is 0 Å². The van der Waals surface area contributed by atoms with Gasteiger partial charge in [0.1, 0.15) is 5.75 Å². The molecule has 0 heterocycles. The summed E-state index contributed by atoms with van der Waals surface area (Å²) in [4.78, 5) is 0. The molecule has 1 nitrogen and oxygen atoms in total. The molecular formula is C16H26O. The first-order valence-corrected chi connectivity index (χ1v) is 7.00. The number of benzene rings is 1. The van der Waals surface area contributed by atoms with E-state index in [1.165, 1.54) is 31.2 Å². The molecule has 96 valence electrons. The Kier molecular flexibility index (Phi) is 6.10. The maximum atomic E-state index is 9.96. The number of hydrogen-bond acceptors (Lipinski definition) is 1. The van der Waals surface area contributed by atoms with Crippen LogP contribution in [0.1, 0.15) is 62.6 Å². The van der Waals surface area contributed by atoms with Gasteiger partial charge < -0.3 is 5.11 Å².